The molecule has 4 aromatic rings. The van der Waals surface area contributed by atoms with Gasteiger partial charge in [-0.2, -0.15) is 0 Å². The van der Waals surface area contributed by atoms with Crippen LogP contribution in [0.15, 0.2) is 77.6 Å². The van der Waals surface area contributed by atoms with Crippen LogP contribution in [-0.4, -0.2) is 18.1 Å². The van der Waals surface area contributed by atoms with Gasteiger partial charge in [-0.3, -0.25) is 0 Å². The highest BCUT2D eigenvalue weighted by atomic mass is 16.5. The lowest BCUT2D eigenvalue weighted by Crippen LogP contribution is -2.08. The Kier molecular flexibility index (Phi) is 3.78. The first-order valence-corrected chi connectivity index (χ1v) is 7.88. The van der Waals surface area contributed by atoms with Crippen LogP contribution in [0.5, 0.6) is 0 Å². The Labute approximate surface area is 144 Å². The zero-order valence-electron chi connectivity index (χ0n) is 13.6. The highest BCUT2D eigenvalue weighted by molar-refractivity contribution is 6.10. The van der Waals surface area contributed by atoms with Gasteiger partial charge in [0.2, 0.25) is 0 Å². The van der Waals surface area contributed by atoms with E-state index in [0.717, 1.165) is 27.5 Å². The van der Waals surface area contributed by atoms with Crippen LogP contribution in [-0.2, 0) is 4.74 Å². The van der Waals surface area contributed by atoms with Crippen LogP contribution in [0.25, 0.3) is 33.2 Å². The number of carbonyl (C=O) groups excluding carboxylic acids is 1. The van der Waals surface area contributed by atoms with Crippen molar-refractivity contribution in [1.82, 2.24) is 4.98 Å². The Balaban J connectivity index is 2.14. The number of furan rings is 1. The van der Waals surface area contributed by atoms with Gasteiger partial charge in [0.25, 0.3) is 0 Å². The first-order valence-electron chi connectivity index (χ1n) is 7.88. The number of hydrogen-bond acceptors (Lipinski definition) is 4. The molecular weight excluding hydrogens is 314 g/mol. The Morgan fingerprint density at radius 3 is 2.32 bits per heavy atom. The summed E-state index contributed by atoms with van der Waals surface area (Å²) >= 11 is 0. The third-order valence-corrected chi connectivity index (χ3v) is 4.15. The molecule has 0 saturated heterocycles. The fourth-order valence-corrected chi connectivity index (χ4v) is 3.02. The molecule has 0 spiro atoms. The fourth-order valence-electron chi connectivity index (χ4n) is 3.02. The lowest BCUT2D eigenvalue weighted by Gasteiger charge is -2.14. The van der Waals surface area contributed by atoms with Crippen LogP contribution in [0.2, 0.25) is 0 Å². The normalized spacial score (nSPS) is 10.8. The summed E-state index contributed by atoms with van der Waals surface area (Å²) in [6.45, 7) is 0. The maximum Gasteiger partial charge on any atom is 0.357 e. The maximum atomic E-state index is 12.5. The number of methoxy groups -OCH3 is 1. The first kappa shape index (κ1) is 15.1. The second-order valence-corrected chi connectivity index (χ2v) is 5.60. The van der Waals surface area contributed by atoms with Gasteiger partial charge >= 0.3 is 5.97 Å². The van der Waals surface area contributed by atoms with E-state index in [0.29, 0.717) is 11.4 Å². The van der Waals surface area contributed by atoms with E-state index >= 15 is 0 Å². The molecule has 0 aliphatic heterocycles. The van der Waals surface area contributed by atoms with Crippen LogP contribution in [0.3, 0.4) is 0 Å². The summed E-state index contributed by atoms with van der Waals surface area (Å²) in [7, 11) is 1.37. The summed E-state index contributed by atoms with van der Waals surface area (Å²) < 4.78 is 10.2. The molecule has 4 heteroatoms. The predicted octanol–water partition coefficient (Wildman–Crippen LogP) is 4.95. The SMILES string of the molecule is COC(=O)c1nc(-c2ccoc2)c2ccccc2c1-c1ccccc1. The predicted molar refractivity (Wildman–Crippen MR) is 96.2 cm³/mol. The van der Waals surface area contributed by atoms with Gasteiger partial charge in [0, 0.05) is 16.5 Å². The molecule has 2 aromatic heterocycles. The second kappa shape index (κ2) is 6.24. The molecule has 122 valence electrons. The van der Waals surface area contributed by atoms with Gasteiger partial charge < -0.3 is 9.15 Å². The van der Waals surface area contributed by atoms with Crippen molar-refractivity contribution in [3.8, 4) is 22.4 Å². The summed E-state index contributed by atoms with van der Waals surface area (Å²) in [5.74, 6) is -0.464. The number of esters is 1. The van der Waals surface area contributed by atoms with E-state index in [1.165, 1.54) is 7.11 Å². The molecule has 4 rings (SSSR count). The number of hydrogen-bond donors (Lipinski definition) is 0. The number of ether oxygens (including phenoxy) is 1. The topological polar surface area (TPSA) is 52.3 Å². The lowest BCUT2D eigenvalue weighted by molar-refractivity contribution is 0.0595. The molecule has 0 saturated carbocycles. The number of carbonyl (C=O) groups is 1. The third-order valence-electron chi connectivity index (χ3n) is 4.15. The quantitative estimate of drug-likeness (QED) is 0.499. The van der Waals surface area contributed by atoms with Gasteiger partial charge in [-0.05, 0) is 17.0 Å². The standard InChI is InChI=1S/C21H15NO3/c1-24-21(23)20-18(14-7-3-2-4-8-14)16-9-5-6-10-17(16)19(22-20)15-11-12-25-13-15/h2-13H,1H3. The molecule has 2 aromatic carbocycles. The van der Waals surface area contributed by atoms with E-state index in [9.17, 15) is 4.79 Å². The molecule has 0 aliphatic carbocycles. The molecule has 0 amide bonds. The highest BCUT2D eigenvalue weighted by Gasteiger charge is 2.21. The average Bonchev–Trinajstić information content (AvgIpc) is 3.21. The Morgan fingerprint density at radius 1 is 0.920 bits per heavy atom. The Bertz CT molecular complexity index is 1040. The maximum absolute atomic E-state index is 12.5. The summed E-state index contributed by atoms with van der Waals surface area (Å²) in [4.78, 5) is 17.1. The van der Waals surface area contributed by atoms with Gasteiger partial charge in [0.15, 0.2) is 5.69 Å². The molecule has 0 atom stereocenters. The molecule has 0 fully saturated rings. The highest BCUT2D eigenvalue weighted by Crippen LogP contribution is 2.36. The number of pyridine rings is 1. The molecule has 0 aliphatic rings. The van der Waals surface area contributed by atoms with E-state index < -0.39 is 5.97 Å². The van der Waals surface area contributed by atoms with Crippen molar-refractivity contribution in [2.75, 3.05) is 7.11 Å². The molecule has 0 N–H and O–H groups in total. The summed E-state index contributed by atoms with van der Waals surface area (Å²) in [6, 6.07) is 19.5. The van der Waals surface area contributed by atoms with Crippen LogP contribution < -0.4 is 0 Å². The van der Waals surface area contributed by atoms with Crippen molar-refractivity contribution in [3.05, 3.63) is 78.9 Å². The summed E-state index contributed by atoms with van der Waals surface area (Å²) in [6.07, 6.45) is 3.22. The van der Waals surface area contributed by atoms with E-state index in [2.05, 4.69) is 4.98 Å². The van der Waals surface area contributed by atoms with E-state index in [-0.39, 0.29) is 0 Å². The minimum Gasteiger partial charge on any atom is -0.472 e. The molecule has 2 heterocycles. The van der Waals surface area contributed by atoms with Crippen molar-refractivity contribution in [1.29, 1.82) is 0 Å². The molecule has 0 radical (unpaired) electrons. The van der Waals surface area contributed by atoms with Gasteiger partial charge in [0.1, 0.15) is 0 Å². The molecular formula is C21H15NO3. The smallest absolute Gasteiger partial charge is 0.357 e. The molecule has 25 heavy (non-hydrogen) atoms. The summed E-state index contributed by atoms with van der Waals surface area (Å²) in [5.41, 5.74) is 3.51. The van der Waals surface area contributed by atoms with Gasteiger partial charge in [-0.15, -0.1) is 0 Å². The Hall–Kier alpha value is -3.40. The van der Waals surface area contributed by atoms with Crippen LogP contribution in [0.4, 0.5) is 0 Å². The van der Waals surface area contributed by atoms with Crippen LogP contribution in [0, 0.1) is 0 Å². The minimum atomic E-state index is -0.464. The number of rotatable bonds is 3. The van der Waals surface area contributed by atoms with Crippen molar-refractivity contribution >= 4 is 16.7 Å². The third kappa shape index (κ3) is 2.58. The largest absolute Gasteiger partial charge is 0.472 e. The molecule has 0 bridgehead atoms. The number of nitrogens with zero attached hydrogens (tertiary/aromatic N) is 1. The minimum absolute atomic E-state index is 0.295. The average molecular weight is 329 g/mol. The number of aromatic nitrogens is 1. The van der Waals surface area contributed by atoms with Crippen molar-refractivity contribution in [2.24, 2.45) is 0 Å². The van der Waals surface area contributed by atoms with Crippen molar-refractivity contribution in [3.63, 3.8) is 0 Å². The van der Waals surface area contributed by atoms with Crippen LogP contribution >= 0.6 is 0 Å². The lowest BCUT2D eigenvalue weighted by atomic mass is 9.94. The van der Waals surface area contributed by atoms with Gasteiger partial charge in [-0.1, -0.05) is 54.6 Å². The van der Waals surface area contributed by atoms with Crippen LogP contribution in [0.1, 0.15) is 10.5 Å². The zero-order chi connectivity index (χ0) is 17.2. The monoisotopic (exact) mass is 329 g/mol. The van der Waals surface area contributed by atoms with E-state index in [1.807, 2.05) is 60.7 Å². The van der Waals surface area contributed by atoms with Crippen molar-refractivity contribution in [2.45, 2.75) is 0 Å². The summed E-state index contributed by atoms with van der Waals surface area (Å²) in [5, 5.41) is 1.90. The fraction of sp³-hybridized carbons (Fsp3) is 0.0476. The van der Waals surface area contributed by atoms with E-state index in [4.69, 9.17) is 9.15 Å². The molecule has 0 unspecified atom stereocenters. The second-order valence-electron chi connectivity index (χ2n) is 5.60. The Morgan fingerprint density at radius 2 is 1.64 bits per heavy atom. The first-order chi connectivity index (χ1) is 12.3. The number of benzene rings is 2. The number of fused-ring (bicyclic) bond motifs is 1. The molecule has 4 nitrogen and oxygen atoms in total. The zero-order valence-corrected chi connectivity index (χ0v) is 13.6. The van der Waals surface area contributed by atoms with Gasteiger partial charge in [0.05, 0.1) is 25.3 Å². The van der Waals surface area contributed by atoms with Crippen molar-refractivity contribution < 1.29 is 13.9 Å². The van der Waals surface area contributed by atoms with E-state index in [1.54, 1.807) is 12.5 Å². The van der Waals surface area contributed by atoms with Gasteiger partial charge in [-0.25, -0.2) is 9.78 Å².